The summed E-state index contributed by atoms with van der Waals surface area (Å²) in [4.78, 5) is 17.2. The highest BCUT2D eigenvalue weighted by atomic mass is 19.1. The summed E-state index contributed by atoms with van der Waals surface area (Å²) in [6.45, 7) is 4.96. The van der Waals surface area contributed by atoms with Crippen LogP contribution >= 0.6 is 0 Å². The normalized spacial score (nSPS) is 15.4. The molecule has 1 aliphatic heterocycles. The molecule has 150 valence electrons. The van der Waals surface area contributed by atoms with Crippen molar-refractivity contribution >= 4 is 11.6 Å². The number of hydrogen-bond acceptors (Lipinski definition) is 2. The first-order valence-corrected chi connectivity index (χ1v) is 10.1. The predicted molar refractivity (Wildman–Crippen MR) is 114 cm³/mol. The minimum atomic E-state index is -0.227. The molecular weight excluding hydrogens is 365 g/mol. The molecule has 1 atom stereocenters. The molecule has 1 fully saturated rings. The maximum absolute atomic E-state index is 13.2. The Morgan fingerprint density at radius 1 is 0.966 bits per heavy atom. The third-order valence-electron chi connectivity index (χ3n) is 5.61. The number of benzene rings is 2. The molecule has 4 nitrogen and oxygen atoms in total. The van der Waals surface area contributed by atoms with E-state index >= 15 is 0 Å². The highest BCUT2D eigenvalue weighted by Crippen LogP contribution is 2.25. The van der Waals surface area contributed by atoms with Crippen LogP contribution in [0.1, 0.15) is 23.6 Å². The summed E-state index contributed by atoms with van der Waals surface area (Å²) in [5.41, 5.74) is 3.35. The van der Waals surface area contributed by atoms with Crippen molar-refractivity contribution in [3.05, 3.63) is 90.0 Å². The minimum absolute atomic E-state index is 0.00692. The van der Waals surface area contributed by atoms with Gasteiger partial charge in [-0.15, -0.1) is 0 Å². The van der Waals surface area contributed by atoms with E-state index in [1.54, 1.807) is 12.1 Å². The molecule has 0 aliphatic carbocycles. The van der Waals surface area contributed by atoms with Crippen LogP contribution in [0.2, 0.25) is 0 Å². The van der Waals surface area contributed by atoms with Gasteiger partial charge in [0.2, 0.25) is 5.91 Å². The first-order valence-electron chi connectivity index (χ1n) is 10.1. The van der Waals surface area contributed by atoms with E-state index in [1.807, 2.05) is 35.5 Å². The maximum Gasteiger partial charge on any atom is 0.225 e. The molecule has 2 aromatic carbocycles. The molecule has 0 spiro atoms. The number of piperazine rings is 1. The van der Waals surface area contributed by atoms with E-state index in [-0.39, 0.29) is 17.8 Å². The molecule has 0 bridgehead atoms. The molecular formula is C24H26FN3O. The molecule has 2 heterocycles. The fourth-order valence-corrected chi connectivity index (χ4v) is 3.99. The fourth-order valence-electron chi connectivity index (χ4n) is 3.99. The van der Waals surface area contributed by atoms with Gasteiger partial charge >= 0.3 is 0 Å². The Kier molecular flexibility index (Phi) is 5.65. The standard InChI is InChI=1S/C24H26FN3O/c1-19-5-4-6-20(17-19)23(27-11-2-3-12-27)18-24(29)28-15-13-26(14-16-28)22-9-7-21(25)8-10-22/h2-12,17,23H,13-16,18H2,1H3/t23-/m0/s1. The molecule has 1 aliphatic rings. The summed E-state index contributed by atoms with van der Waals surface area (Å²) in [6, 6.07) is 18.9. The van der Waals surface area contributed by atoms with Gasteiger partial charge in [-0.3, -0.25) is 4.79 Å². The van der Waals surface area contributed by atoms with Crippen LogP contribution in [-0.4, -0.2) is 41.6 Å². The summed E-state index contributed by atoms with van der Waals surface area (Å²) in [6.07, 6.45) is 4.48. The van der Waals surface area contributed by atoms with Crippen LogP contribution in [0.3, 0.4) is 0 Å². The molecule has 4 rings (SSSR count). The Labute approximate surface area is 171 Å². The smallest absolute Gasteiger partial charge is 0.225 e. The molecule has 29 heavy (non-hydrogen) atoms. The Morgan fingerprint density at radius 3 is 2.31 bits per heavy atom. The second kappa shape index (κ2) is 8.52. The Morgan fingerprint density at radius 2 is 1.66 bits per heavy atom. The Balaban J connectivity index is 1.43. The quantitative estimate of drug-likeness (QED) is 0.650. The van der Waals surface area contributed by atoms with Crippen molar-refractivity contribution in [1.82, 2.24) is 9.47 Å². The number of aryl methyl sites for hydroxylation is 1. The van der Waals surface area contributed by atoms with Crippen LogP contribution in [0.15, 0.2) is 73.1 Å². The molecule has 0 radical (unpaired) electrons. The third-order valence-corrected chi connectivity index (χ3v) is 5.61. The van der Waals surface area contributed by atoms with Gasteiger partial charge in [-0.1, -0.05) is 29.8 Å². The molecule has 3 aromatic rings. The van der Waals surface area contributed by atoms with E-state index in [1.165, 1.54) is 17.7 Å². The average Bonchev–Trinajstić information content (AvgIpc) is 3.27. The van der Waals surface area contributed by atoms with Crippen molar-refractivity contribution in [2.75, 3.05) is 31.1 Å². The van der Waals surface area contributed by atoms with Gasteiger partial charge in [-0.25, -0.2) is 4.39 Å². The van der Waals surface area contributed by atoms with E-state index in [9.17, 15) is 9.18 Å². The molecule has 1 amide bonds. The first kappa shape index (κ1) is 19.2. The number of aromatic nitrogens is 1. The van der Waals surface area contributed by atoms with E-state index in [4.69, 9.17) is 0 Å². The molecule has 0 saturated carbocycles. The summed E-state index contributed by atoms with van der Waals surface area (Å²) in [5, 5.41) is 0. The number of carbonyl (C=O) groups excluding carboxylic acids is 1. The van der Waals surface area contributed by atoms with Crippen LogP contribution in [0.25, 0.3) is 0 Å². The van der Waals surface area contributed by atoms with E-state index < -0.39 is 0 Å². The lowest BCUT2D eigenvalue weighted by molar-refractivity contribution is -0.132. The lowest BCUT2D eigenvalue weighted by atomic mass is 10.0. The van der Waals surface area contributed by atoms with Crippen molar-refractivity contribution in [2.45, 2.75) is 19.4 Å². The van der Waals surface area contributed by atoms with Gasteiger partial charge < -0.3 is 14.4 Å². The lowest BCUT2D eigenvalue weighted by Crippen LogP contribution is -2.49. The zero-order chi connectivity index (χ0) is 20.2. The van der Waals surface area contributed by atoms with E-state index in [0.717, 1.165) is 24.3 Å². The molecule has 1 saturated heterocycles. The molecule has 0 unspecified atom stereocenters. The summed E-state index contributed by atoms with van der Waals surface area (Å²) in [5.74, 6) is -0.0567. The molecule has 5 heteroatoms. The SMILES string of the molecule is Cc1cccc([C@H](CC(=O)N2CCN(c3ccc(F)cc3)CC2)n2cccc2)c1. The minimum Gasteiger partial charge on any atom is -0.368 e. The number of hydrogen-bond donors (Lipinski definition) is 0. The van der Waals surface area contributed by atoms with Crippen molar-refractivity contribution < 1.29 is 9.18 Å². The Bertz CT molecular complexity index is 945. The topological polar surface area (TPSA) is 28.5 Å². The predicted octanol–water partition coefficient (Wildman–Crippen LogP) is 4.26. The second-order valence-electron chi connectivity index (χ2n) is 7.61. The highest BCUT2D eigenvalue weighted by molar-refractivity contribution is 5.77. The van der Waals surface area contributed by atoms with Gasteiger partial charge in [0.25, 0.3) is 0 Å². The van der Waals surface area contributed by atoms with Gasteiger partial charge in [-0.2, -0.15) is 0 Å². The molecule has 1 aromatic heterocycles. The summed E-state index contributed by atoms with van der Waals surface area (Å²) < 4.78 is 15.3. The van der Waals surface area contributed by atoms with E-state index in [0.29, 0.717) is 19.5 Å². The van der Waals surface area contributed by atoms with Crippen LogP contribution in [0.5, 0.6) is 0 Å². The largest absolute Gasteiger partial charge is 0.368 e. The monoisotopic (exact) mass is 391 g/mol. The average molecular weight is 391 g/mol. The number of nitrogens with zero attached hydrogens (tertiary/aromatic N) is 3. The van der Waals surface area contributed by atoms with Crippen molar-refractivity contribution in [2.24, 2.45) is 0 Å². The summed E-state index contributed by atoms with van der Waals surface area (Å²) in [7, 11) is 0. The first-order chi connectivity index (χ1) is 14.1. The zero-order valence-electron chi connectivity index (χ0n) is 16.7. The van der Waals surface area contributed by atoms with Crippen LogP contribution in [0.4, 0.5) is 10.1 Å². The molecule has 0 N–H and O–H groups in total. The number of rotatable bonds is 5. The van der Waals surface area contributed by atoms with Gasteiger partial charge in [0.15, 0.2) is 0 Å². The number of halogens is 1. The number of amides is 1. The van der Waals surface area contributed by atoms with Crippen LogP contribution < -0.4 is 4.90 Å². The Hall–Kier alpha value is -3.08. The van der Waals surface area contributed by atoms with Crippen molar-refractivity contribution in [3.63, 3.8) is 0 Å². The van der Waals surface area contributed by atoms with Gasteiger partial charge in [0.05, 0.1) is 12.5 Å². The maximum atomic E-state index is 13.2. The van der Waals surface area contributed by atoms with Crippen molar-refractivity contribution in [1.29, 1.82) is 0 Å². The third kappa shape index (κ3) is 4.50. The van der Waals surface area contributed by atoms with Crippen LogP contribution in [0, 0.1) is 12.7 Å². The number of anilines is 1. The summed E-state index contributed by atoms with van der Waals surface area (Å²) >= 11 is 0. The zero-order valence-corrected chi connectivity index (χ0v) is 16.7. The number of carbonyl (C=O) groups is 1. The highest BCUT2D eigenvalue weighted by Gasteiger charge is 2.25. The van der Waals surface area contributed by atoms with E-state index in [2.05, 4.69) is 34.6 Å². The van der Waals surface area contributed by atoms with Crippen molar-refractivity contribution in [3.8, 4) is 0 Å². The van der Waals surface area contributed by atoms with Crippen LogP contribution in [-0.2, 0) is 4.79 Å². The van der Waals surface area contributed by atoms with Gasteiger partial charge in [0, 0.05) is 44.3 Å². The van der Waals surface area contributed by atoms with Gasteiger partial charge in [0.1, 0.15) is 5.82 Å². The second-order valence-corrected chi connectivity index (χ2v) is 7.61. The lowest BCUT2D eigenvalue weighted by Gasteiger charge is -2.37. The van der Waals surface area contributed by atoms with Gasteiger partial charge in [-0.05, 0) is 48.9 Å². The fraction of sp³-hybridized carbons (Fsp3) is 0.292.